The summed E-state index contributed by atoms with van der Waals surface area (Å²) in [7, 11) is 1.56. The molecule has 0 aromatic heterocycles. The van der Waals surface area contributed by atoms with E-state index in [-0.39, 0.29) is 30.3 Å². The van der Waals surface area contributed by atoms with Crippen LogP contribution in [0.2, 0.25) is 0 Å². The Labute approximate surface area is 132 Å². The lowest BCUT2D eigenvalue weighted by Gasteiger charge is -2.19. The molecule has 6 heteroatoms. The predicted molar refractivity (Wildman–Crippen MR) is 86.8 cm³/mol. The molecule has 1 atom stereocenters. The van der Waals surface area contributed by atoms with Crippen LogP contribution in [-0.4, -0.2) is 31.4 Å². The highest BCUT2D eigenvalue weighted by molar-refractivity contribution is 5.99. The maximum Gasteiger partial charge on any atom is 0.251 e. The maximum atomic E-state index is 12.2. The highest BCUT2D eigenvalue weighted by atomic mass is 35.5. The summed E-state index contributed by atoms with van der Waals surface area (Å²) in [6, 6.07) is 6.58. The van der Waals surface area contributed by atoms with Gasteiger partial charge in [-0.25, -0.2) is 0 Å². The molecule has 4 N–H and O–H groups in total. The number of halogens is 1. The summed E-state index contributed by atoms with van der Waals surface area (Å²) in [5.74, 6) is 0.0464. The minimum Gasteiger partial charge on any atom is -0.355 e. The monoisotopic (exact) mass is 313 g/mol. The lowest BCUT2D eigenvalue weighted by atomic mass is 10.0. The molecule has 118 valence electrons. The van der Waals surface area contributed by atoms with Crippen molar-refractivity contribution in [1.82, 2.24) is 10.6 Å². The fraction of sp³-hybridized carbons (Fsp3) is 0.467. The van der Waals surface area contributed by atoms with E-state index in [2.05, 4.69) is 24.5 Å². The van der Waals surface area contributed by atoms with Gasteiger partial charge in [-0.2, -0.15) is 0 Å². The van der Waals surface area contributed by atoms with Crippen molar-refractivity contribution < 1.29 is 9.59 Å². The van der Waals surface area contributed by atoms with E-state index in [4.69, 9.17) is 5.73 Å². The zero-order valence-corrected chi connectivity index (χ0v) is 13.5. The summed E-state index contributed by atoms with van der Waals surface area (Å²) < 4.78 is 0. The van der Waals surface area contributed by atoms with Gasteiger partial charge in [0.05, 0.1) is 0 Å². The smallest absolute Gasteiger partial charge is 0.251 e. The van der Waals surface area contributed by atoms with Crippen molar-refractivity contribution in [1.29, 1.82) is 0 Å². The first-order chi connectivity index (χ1) is 9.47. The van der Waals surface area contributed by atoms with Gasteiger partial charge in [0.25, 0.3) is 11.8 Å². The van der Waals surface area contributed by atoms with E-state index in [0.717, 1.165) is 6.42 Å². The number of nitrogens with one attached hydrogen (secondary N) is 2. The van der Waals surface area contributed by atoms with E-state index < -0.39 is 0 Å². The summed E-state index contributed by atoms with van der Waals surface area (Å²) in [6.07, 6.45) is 0.831. The van der Waals surface area contributed by atoms with E-state index in [1.807, 2.05) is 0 Å². The van der Waals surface area contributed by atoms with E-state index >= 15 is 0 Å². The Morgan fingerprint density at radius 2 is 1.76 bits per heavy atom. The number of rotatable bonds is 6. The Bertz CT molecular complexity index is 478. The summed E-state index contributed by atoms with van der Waals surface area (Å²) in [4.78, 5) is 23.7. The Morgan fingerprint density at radius 3 is 2.24 bits per heavy atom. The van der Waals surface area contributed by atoms with Crippen LogP contribution in [-0.2, 0) is 0 Å². The molecule has 5 nitrogen and oxygen atoms in total. The Balaban J connectivity index is 0.00000400. The first-order valence-corrected chi connectivity index (χ1v) is 6.81. The molecule has 0 spiro atoms. The molecule has 1 rings (SSSR count). The van der Waals surface area contributed by atoms with Crippen LogP contribution in [0.15, 0.2) is 24.3 Å². The largest absolute Gasteiger partial charge is 0.355 e. The fourth-order valence-corrected chi connectivity index (χ4v) is 2.00. The van der Waals surface area contributed by atoms with Crippen LogP contribution in [0.1, 0.15) is 41.0 Å². The summed E-state index contributed by atoms with van der Waals surface area (Å²) in [6.45, 7) is 4.57. The van der Waals surface area contributed by atoms with E-state index in [1.54, 1.807) is 31.3 Å². The number of carbonyl (C=O) groups is 2. The Hall–Kier alpha value is -1.59. The van der Waals surface area contributed by atoms with E-state index in [0.29, 0.717) is 23.6 Å². The standard InChI is InChI=1S/C15H23N3O2.ClH/c1-10(2)7-13(9-16)18-15(20)12-6-4-5-11(8-12)14(19)17-3;/h4-6,8,10,13H,7,9,16H2,1-3H3,(H,17,19)(H,18,20);1H. The van der Waals surface area contributed by atoms with Crippen LogP contribution in [0.4, 0.5) is 0 Å². The van der Waals surface area contributed by atoms with Gasteiger partial charge in [0.1, 0.15) is 0 Å². The van der Waals surface area contributed by atoms with Gasteiger partial charge >= 0.3 is 0 Å². The molecule has 0 bridgehead atoms. The molecular formula is C15H24ClN3O2. The first kappa shape index (κ1) is 19.4. The number of hydrogen-bond acceptors (Lipinski definition) is 3. The van der Waals surface area contributed by atoms with Crippen LogP contribution >= 0.6 is 12.4 Å². The molecule has 0 radical (unpaired) electrons. The van der Waals surface area contributed by atoms with Crippen LogP contribution in [0.5, 0.6) is 0 Å². The molecule has 2 amide bonds. The summed E-state index contributed by atoms with van der Waals surface area (Å²) in [5, 5.41) is 5.44. The van der Waals surface area contributed by atoms with Crippen molar-refractivity contribution >= 4 is 24.2 Å². The number of hydrogen-bond donors (Lipinski definition) is 3. The third-order valence-electron chi connectivity index (χ3n) is 2.99. The van der Waals surface area contributed by atoms with Crippen molar-refractivity contribution in [2.45, 2.75) is 26.3 Å². The van der Waals surface area contributed by atoms with Gasteiger partial charge < -0.3 is 16.4 Å². The molecule has 0 aliphatic carbocycles. The van der Waals surface area contributed by atoms with Crippen molar-refractivity contribution in [3.63, 3.8) is 0 Å². The highest BCUT2D eigenvalue weighted by Crippen LogP contribution is 2.08. The Kier molecular flexibility index (Phi) is 8.66. The molecule has 1 aromatic rings. The van der Waals surface area contributed by atoms with Gasteiger partial charge in [-0.15, -0.1) is 12.4 Å². The van der Waals surface area contributed by atoms with Gasteiger partial charge in [0, 0.05) is 30.8 Å². The molecule has 0 aliphatic rings. The minimum atomic E-state index is -0.211. The average molecular weight is 314 g/mol. The van der Waals surface area contributed by atoms with Crippen LogP contribution in [0.3, 0.4) is 0 Å². The second kappa shape index (κ2) is 9.37. The number of amides is 2. The predicted octanol–water partition coefficient (Wildman–Crippen LogP) is 1.57. The molecular weight excluding hydrogens is 290 g/mol. The van der Waals surface area contributed by atoms with Gasteiger partial charge in [-0.3, -0.25) is 9.59 Å². The quantitative estimate of drug-likeness (QED) is 0.745. The molecule has 0 saturated carbocycles. The fourth-order valence-electron chi connectivity index (χ4n) is 2.00. The number of benzene rings is 1. The van der Waals surface area contributed by atoms with Crippen molar-refractivity contribution in [3.05, 3.63) is 35.4 Å². The second-order valence-electron chi connectivity index (χ2n) is 5.20. The van der Waals surface area contributed by atoms with Crippen LogP contribution < -0.4 is 16.4 Å². The topological polar surface area (TPSA) is 84.2 Å². The third kappa shape index (κ3) is 6.14. The molecule has 1 unspecified atom stereocenters. The third-order valence-corrected chi connectivity index (χ3v) is 2.99. The second-order valence-corrected chi connectivity index (χ2v) is 5.20. The van der Waals surface area contributed by atoms with Gasteiger partial charge in [0.15, 0.2) is 0 Å². The molecule has 1 aromatic carbocycles. The maximum absolute atomic E-state index is 12.2. The zero-order chi connectivity index (χ0) is 15.1. The van der Waals surface area contributed by atoms with Gasteiger partial charge in [0.2, 0.25) is 0 Å². The Morgan fingerprint density at radius 1 is 1.19 bits per heavy atom. The lowest BCUT2D eigenvalue weighted by molar-refractivity contribution is 0.0933. The van der Waals surface area contributed by atoms with Crippen LogP contribution in [0, 0.1) is 5.92 Å². The van der Waals surface area contributed by atoms with E-state index in [1.165, 1.54) is 0 Å². The van der Waals surface area contributed by atoms with Crippen LogP contribution in [0.25, 0.3) is 0 Å². The molecule has 0 heterocycles. The molecule has 0 fully saturated rings. The SMILES string of the molecule is CNC(=O)c1cccc(C(=O)NC(CN)CC(C)C)c1.Cl. The number of carbonyl (C=O) groups excluding carboxylic acids is 2. The highest BCUT2D eigenvalue weighted by Gasteiger charge is 2.15. The first-order valence-electron chi connectivity index (χ1n) is 6.81. The van der Waals surface area contributed by atoms with Crippen molar-refractivity contribution in [3.8, 4) is 0 Å². The molecule has 21 heavy (non-hydrogen) atoms. The van der Waals surface area contributed by atoms with Crippen molar-refractivity contribution in [2.24, 2.45) is 11.7 Å². The van der Waals surface area contributed by atoms with Gasteiger partial charge in [-0.1, -0.05) is 19.9 Å². The molecule has 0 saturated heterocycles. The summed E-state index contributed by atoms with van der Waals surface area (Å²) >= 11 is 0. The average Bonchev–Trinajstić information content (AvgIpc) is 2.45. The minimum absolute atomic E-state index is 0. The molecule has 0 aliphatic heterocycles. The lowest BCUT2D eigenvalue weighted by Crippen LogP contribution is -2.41. The normalized spacial score (nSPS) is 11.5. The summed E-state index contributed by atoms with van der Waals surface area (Å²) in [5.41, 5.74) is 6.60. The van der Waals surface area contributed by atoms with Gasteiger partial charge in [-0.05, 0) is 30.5 Å². The zero-order valence-electron chi connectivity index (χ0n) is 12.7. The van der Waals surface area contributed by atoms with Crippen molar-refractivity contribution in [2.75, 3.05) is 13.6 Å². The number of nitrogens with two attached hydrogens (primary N) is 1. The van der Waals surface area contributed by atoms with E-state index in [9.17, 15) is 9.59 Å².